The summed E-state index contributed by atoms with van der Waals surface area (Å²) in [4.78, 5) is 0. The van der Waals surface area contributed by atoms with E-state index < -0.39 is 30.7 Å². The molecular formula is C16H17BrO6. The Balaban J connectivity index is 1.84. The van der Waals surface area contributed by atoms with Gasteiger partial charge in [-0.25, -0.2) is 0 Å². The first-order chi connectivity index (χ1) is 11.1. The van der Waals surface area contributed by atoms with E-state index in [0.717, 1.165) is 10.8 Å². The third-order valence-electron chi connectivity index (χ3n) is 3.90. The second-order valence-electron chi connectivity index (χ2n) is 5.38. The minimum Gasteiger partial charge on any atom is -0.482 e. The van der Waals surface area contributed by atoms with E-state index in [4.69, 9.17) is 13.3 Å². The summed E-state index contributed by atoms with van der Waals surface area (Å²) >= 11 is 2.76. The van der Waals surface area contributed by atoms with Crippen molar-refractivity contribution in [1.29, 1.82) is 0 Å². The summed E-state index contributed by atoms with van der Waals surface area (Å²) in [7, 11) is 0. The van der Waals surface area contributed by atoms with Crippen LogP contribution in [0.25, 0.3) is 10.8 Å². The Bertz CT molecular complexity index is 661. The highest BCUT2D eigenvalue weighted by molar-refractivity contribution is 9.06. The van der Waals surface area contributed by atoms with Crippen LogP contribution in [0.4, 0.5) is 0 Å². The average Bonchev–Trinajstić information content (AvgIpc) is 2.56. The summed E-state index contributed by atoms with van der Waals surface area (Å²) in [6.45, 7) is -0.0176. The standard InChI is InChI=1S/C16H17BrO6/c17-21-8-12-13(18)14(19)15(16(20)23-12)22-11-7-3-5-9-4-1-2-6-10(9)11/h1-7,12-16,18-20H,8H2/t12-,13-,14+,15-,16+/m1/s1. The predicted octanol–water partition coefficient (Wildman–Crippen LogP) is 1.35. The Morgan fingerprint density at radius 1 is 1.00 bits per heavy atom. The number of hydrogen-bond donors (Lipinski definition) is 3. The zero-order chi connectivity index (χ0) is 16.4. The van der Waals surface area contributed by atoms with E-state index in [-0.39, 0.29) is 6.61 Å². The average molecular weight is 385 g/mol. The molecule has 1 aliphatic rings. The van der Waals surface area contributed by atoms with Gasteiger partial charge in [0.25, 0.3) is 0 Å². The van der Waals surface area contributed by atoms with Crippen LogP contribution < -0.4 is 4.74 Å². The van der Waals surface area contributed by atoms with Gasteiger partial charge >= 0.3 is 0 Å². The van der Waals surface area contributed by atoms with Crippen molar-refractivity contribution in [3.05, 3.63) is 42.5 Å². The maximum Gasteiger partial charge on any atom is 0.195 e. The van der Waals surface area contributed by atoms with E-state index in [1.54, 1.807) is 6.07 Å². The third kappa shape index (κ3) is 3.35. The SMILES string of the molecule is O[C@H]1[C@H](O)[C@@H](COBr)O[C@H](O)[C@@H]1Oc1cccc2ccccc12. The number of rotatable bonds is 4. The van der Waals surface area contributed by atoms with Crippen LogP contribution >= 0.6 is 16.3 Å². The summed E-state index contributed by atoms with van der Waals surface area (Å²) in [5.74, 6) is 0.497. The molecule has 5 atom stereocenters. The molecule has 1 heterocycles. The van der Waals surface area contributed by atoms with Gasteiger partial charge in [0.1, 0.15) is 24.1 Å². The summed E-state index contributed by atoms with van der Waals surface area (Å²) in [5.41, 5.74) is 0. The molecule has 0 aromatic heterocycles. The van der Waals surface area contributed by atoms with Gasteiger partial charge in [0.2, 0.25) is 0 Å². The fourth-order valence-corrected chi connectivity index (χ4v) is 2.95. The van der Waals surface area contributed by atoms with E-state index in [1.807, 2.05) is 36.4 Å². The number of aliphatic hydroxyl groups is 3. The maximum absolute atomic E-state index is 10.3. The molecule has 1 fully saturated rings. The molecule has 0 bridgehead atoms. The first-order valence-electron chi connectivity index (χ1n) is 7.19. The van der Waals surface area contributed by atoms with Crippen LogP contribution in [0.2, 0.25) is 0 Å². The van der Waals surface area contributed by atoms with Gasteiger partial charge in [-0.15, -0.1) is 0 Å². The van der Waals surface area contributed by atoms with E-state index in [1.165, 1.54) is 0 Å². The number of ether oxygens (including phenoxy) is 2. The van der Waals surface area contributed by atoms with Gasteiger partial charge in [0, 0.05) is 5.39 Å². The van der Waals surface area contributed by atoms with Crippen LogP contribution in [0.1, 0.15) is 0 Å². The molecule has 0 unspecified atom stereocenters. The number of hydrogen-bond acceptors (Lipinski definition) is 6. The van der Waals surface area contributed by atoms with Gasteiger partial charge in [-0.2, -0.15) is 0 Å². The Labute approximate surface area is 141 Å². The first kappa shape index (κ1) is 16.6. The fourth-order valence-electron chi connectivity index (χ4n) is 2.69. The van der Waals surface area contributed by atoms with Crippen molar-refractivity contribution in [2.24, 2.45) is 0 Å². The predicted molar refractivity (Wildman–Crippen MR) is 86.1 cm³/mol. The Morgan fingerprint density at radius 2 is 1.74 bits per heavy atom. The van der Waals surface area contributed by atoms with Crippen molar-refractivity contribution in [2.45, 2.75) is 30.7 Å². The molecule has 0 radical (unpaired) electrons. The number of halogens is 1. The van der Waals surface area contributed by atoms with Crippen LogP contribution in [-0.2, 0) is 8.57 Å². The lowest BCUT2D eigenvalue weighted by Gasteiger charge is -2.40. The van der Waals surface area contributed by atoms with Crippen LogP contribution in [0.5, 0.6) is 5.75 Å². The molecule has 1 aliphatic heterocycles. The molecule has 3 rings (SSSR count). The highest BCUT2D eigenvalue weighted by Gasteiger charge is 2.45. The summed E-state index contributed by atoms with van der Waals surface area (Å²) in [6.07, 6.45) is -5.91. The minimum atomic E-state index is -1.39. The number of benzene rings is 2. The highest BCUT2D eigenvalue weighted by Crippen LogP contribution is 2.30. The molecule has 6 nitrogen and oxygen atoms in total. The monoisotopic (exact) mass is 384 g/mol. The van der Waals surface area contributed by atoms with Crippen LogP contribution in [0.15, 0.2) is 42.5 Å². The van der Waals surface area contributed by atoms with Crippen molar-refractivity contribution in [3.63, 3.8) is 0 Å². The van der Waals surface area contributed by atoms with E-state index >= 15 is 0 Å². The van der Waals surface area contributed by atoms with Crippen molar-refractivity contribution in [2.75, 3.05) is 6.61 Å². The van der Waals surface area contributed by atoms with Crippen molar-refractivity contribution in [3.8, 4) is 5.75 Å². The molecule has 3 N–H and O–H groups in total. The Kier molecular flexibility index (Phi) is 5.15. The highest BCUT2D eigenvalue weighted by atomic mass is 79.9. The Morgan fingerprint density at radius 3 is 2.52 bits per heavy atom. The number of fused-ring (bicyclic) bond motifs is 1. The second kappa shape index (κ2) is 7.12. The summed E-state index contributed by atoms with van der Waals surface area (Å²) in [6, 6.07) is 13.1. The molecule has 2 aromatic carbocycles. The number of aliphatic hydroxyl groups excluding tert-OH is 3. The van der Waals surface area contributed by atoms with Crippen LogP contribution in [-0.4, -0.2) is 52.6 Å². The largest absolute Gasteiger partial charge is 0.482 e. The molecule has 2 aromatic rings. The lowest BCUT2D eigenvalue weighted by Crippen LogP contribution is -2.60. The van der Waals surface area contributed by atoms with Gasteiger partial charge in [-0.1, -0.05) is 36.4 Å². The second-order valence-corrected chi connectivity index (χ2v) is 5.84. The quantitative estimate of drug-likeness (QED) is 0.737. The van der Waals surface area contributed by atoms with E-state index in [0.29, 0.717) is 5.75 Å². The molecule has 0 spiro atoms. The lowest BCUT2D eigenvalue weighted by atomic mass is 9.99. The smallest absolute Gasteiger partial charge is 0.195 e. The lowest BCUT2D eigenvalue weighted by molar-refractivity contribution is -0.278. The van der Waals surface area contributed by atoms with Gasteiger partial charge in [-0.3, -0.25) is 0 Å². The van der Waals surface area contributed by atoms with Gasteiger partial charge in [0.05, 0.1) is 22.9 Å². The summed E-state index contributed by atoms with van der Waals surface area (Å²) in [5, 5.41) is 32.2. The molecule has 0 amide bonds. The summed E-state index contributed by atoms with van der Waals surface area (Å²) < 4.78 is 15.7. The molecule has 0 aliphatic carbocycles. The van der Waals surface area contributed by atoms with Gasteiger partial charge in [-0.05, 0) is 11.5 Å². The van der Waals surface area contributed by atoms with Gasteiger partial charge in [0.15, 0.2) is 12.4 Å². The normalized spacial score (nSPS) is 31.2. The Hall–Kier alpha value is -1.22. The zero-order valence-electron chi connectivity index (χ0n) is 12.1. The molecular weight excluding hydrogens is 368 g/mol. The van der Waals surface area contributed by atoms with Crippen LogP contribution in [0.3, 0.4) is 0 Å². The van der Waals surface area contributed by atoms with Crippen molar-refractivity contribution < 1.29 is 28.6 Å². The third-order valence-corrected chi connectivity index (χ3v) is 4.17. The minimum absolute atomic E-state index is 0.0176. The van der Waals surface area contributed by atoms with E-state index in [9.17, 15) is 15.3 Å². The molecule has 23 heavy (non-hydrogen) atoms. The molecule has 124 valence electrons. The molecule has 1 saturated heterocycles. The van der Waals surface area contributed by atoms with E-state index in [2.05, 4.69) is 16.3 Å². The van der Waals surface area contributed by atoms with Crippen molar-refractivity contribution in [1.82, 2.24) is 0 Å². The fraction of sp³-hybridized carbons (Fsp3) is 0.375. The van der Waals surface area contributed by atoms with Crippen molar-refractivity contribution >= 4 is 27.0 Å². The van der Waals surface area contributed by atoms with Gasteiger partial charge < -0.3 is 28.6 Å². The maximum atomic E-state index is 10.3. The zero-order valence-corrected chi connectivity index (χ0v) is 13.7. The topological polar surface area (TPSA) is 88.4 Å². The van der Waals surface area contributed by atoms with Crippen LogP contribution in [0, 0.1) is 0 Å². The molecule has 7 heteroatoms. The molecule has 0 saturated carbocycles. The first-order valence-corrected chi connectivity index (χ1v) is 7.84.